The summed E-state index contributed by atoms with van der Waals surface area (Å²) in [5, 5.41) is 0. The Hall–Kier alpha value is -4.78. The van der Waals surface area contributed by atoms with Crippen molar-refractivity contribution in [2.75, 3.05) is 0 Å². The number of hydrogen-bond donors (Lipinski definition) is 0. The maximum atomic E-state index is 2.84. The Balaban J connectivity index is 1.01. The summed E-state index contributed by atoms with van der Waals surface area (Å²) in [6.07, 6.45) is 51.3. The van der Waals surface area contributed by atoms with Gasteiger partial charge in [-0.2, -0.15) is 0 Å². The second-order valence-electron chi connectivity index (χ2n) is 50.0. The first-order valence-electron chi connectivity index (χ1n) is 56.5. The minimum Gasteiger partial charge on any atom is -0.0628 e. The Morgan fingerprint density at radius 3 is 0.418 bits per heavy atom. The zero-order chi connectivity index (χ0) is 96.3. The minimum absolute atomic E-state index is 0.0363. The summed E-state index contributed by atoms with van der Waals surface area (Å²) in [4.78, 5) is 0. The number of hydrogen-bond acceptors (Lipinski definition) is 0. The molecule has 4 aliphatic carbocycles. The molecule has 12 rings (SSSR count). The van der Waals surface area contributed by atoms with Crippen molar-refractivity contribution in [1.82, 2.24) is 0 Å². The molecule has 2 heteroatoms. The molecule has 8 atom stereocenters. The molecule has 0 spiro atoms. The Bertz CT molecular complexity index is 4570. The van der Waals surface area contributed by atoms with Crippen LogP contribution in [0.4, 0.5) is 0 Å². The molecule has 4 aliphatic rings. The van der Waals surface area contributed by atoms with Crippen LogP contribution in [-0.4, -0.2) is 0 Å². The fourth-order valence-electron chi connectivity index (χ4n) is 25.8. The van der Waals surface area contributed by atoms with Crippen molar-refractivity contribution in [1.29, 1.82) is 0 Å². The molecular formula is C132H192I2. The molecule has 0 heterocycles. The van der Waals surface area contributed by atoms with Crippen LogP contribution < -0.4 is 0 Å². The van der Waals surface area contributed by atoms with Gasteiger partial charge in [-0.05, 0) is 426 Å². The second-order valence-corrected chi connectivity index (χ2v) is 52.5. The van der Waals surface area contributed by atoms with Crippen LogP contribution in [0.1, 0.15) is 468 Å². The Morgan fingerprint density at radius 1 is 0.157 bits per heavy atom. The van der Waals surface area contributed by atoms with Gasteiger partial charge in [0.2, 0.25) is 0 Å². The van der Waals surface area contributed by atoms with Crippen molar-refractivity contribution in [2.24, 2.45) is 94.7 Å². The SMILES string of the molecule is CC(C)CCC[C@H](C)CCC1(CC[C@@H](C)CCCC(C)C)c2cc(I)ccc2-c2ccc(-c3ccc4c(c3)C(CC[C@@H](C)CCCC(C)C)(CC[C@@H](C)CCCC(C)C)c3cc(-c5ccc6c(c5)C(CC[C@@H](C)CCCC(C)C)(CC[C@@H](C)CCCC(C)C)c5cc(-c7ccc8c(c7)C(CC[C@@H](C)CCCC(C)C)(CC[C@@H](C)CCCC(C)C)c7cc(I)ccc7-8)ccc5-6)ccc3-4)cc21. The average Bonchev–Trinajstić information content (AvgIpc) is 1.56. The molecule has 0 bridgehead atoms. The molecule has 0 fully saturated rings. The molecule has 0 N–H and O–H groups in total. The van der Waals surface area contributed by atoms with Gasteiger partial charge in [-0.25, -0.2) is 0 Å². The van der Waals surface area contributed by atoms with E-state index in [2.05, 4.69) is 357 Å². The lowest BCUT2D eigenvalue weighted by molar-refractivity contribution is 0.327. The third kappa shape index (κ3) is 27.6. The molecule has 0 aromatic heterocycles. The maximum absolute atomic E-state index is 2.84. The smallest absolute Gasteiger partial charge is 0.0216 e. The molecule has 0 saturated carbocycles. The molecule has 134 heavy (non-hydrogen) atoms. The zero-order valence-electron chi connectivity index (χ0n) is 90.1. The van der Waals surface area contributed by atoms with Gasteiger partial charge in [-0.1, -0.05) is 405 Å². The lowest BCUT2D eigenvalue weighted by Crippen LogP contribution is -2.28. The van der Waals surface area contributed by atoms with Crippen LogP contribution in [0.2, 0.25) is 0 Å². The highest BCUT2D eigenvalue weighted by molar-refractivity contribution is 14.1. The molecule has 8 aromatic rings. The Kier molecular flexibility index (Phi) is 40.5. The Labute approximate surface area is 852 Å². The highest BCUT2D eigenvalue weighted by Crippen LogP contribution is 2.63. The summed E-state index contributed by atoms with van der Waals surface area (Å²) in [6.45, 7) is 59.7. The third-order valence-electron chi connectivity index (χ3n) is 34.7. The van der Waals surface area contributed by atoms with Crippen molar-refractivity contribution in [3.05, 3.63) is 197 Å². The van der Waals surface area contributed by atoms with Crippen LogP contribution in [0.25, 0.3) is 77.9 Å². The standard InChI is InChI=1S/C132H192I2/c1-89(2)33-25-41-97(17)65-73-129(74-66-98(18)42-26-34-90(3)4)121-81-105(49-57-113(121)115-59-51-107(83-123(115)129)109-53-61-117-119-63-55-111(133)87-127(119)131(125(117)85-109,77-69-101(21)45-29-37-93(9)10)78-70-102(22)46-30-38-94(11)12)106-50-58-114-116-60-52-108(84-124(116)130(122(114)82-106,75-67-99(19)43-27-35-91(5)6)76-68-100(20)44-28-36-92(7)8)110-54-62-118-120-64-56-112(134)88-128(120)132(126(118)86-110,79-71-103(23)47-31-39-95(13)14)80-72-104(24)48-32-40-96(15)16/h49-64,81-104H,25-48,65-80H2,1-24H3/t97-,98-,99-,100-,101-,102-,103-,104-/m0/s1. The van der Waals surface area contributed by atoms with E-state index in [1.807, 2.05) is 0 Å². The van der Waals surface area contributed by atoms with Crippen LogP contribution in [0, 0.1) is 102 Å². The summed E-state index contributed by atoms with van der Waals surface area (Å²) in [5.41, 5.74) is 32.9. The van der Waals surface area contributed by atoms with Crippen LogP contribution in [0.5, 0.6) is 0 Å². The van der Waals surface area contributed by atoms with E-state index in [1.165, 1.54) is 342 Å². The van der Waals surface area contributed by atoms with Gasteiger partial charge in [-0.3, -0.25) is 0 Å². The number of benzene rings is 8. The zero-order valence-corrected chi connectivity index (χ0v) is 94.4. The van der Waals surface area contributed by atoms with E-state index in [-0.39, 0.29) is 21.7 Å². The van der Waals surface area contributed by atoms with E-state index in [9.17, 15) is 0 Å². The Morgan fingerprint density at radius 2 is 0.284 bits per heavy atom. The van der Waals surface area contributed by atoms with Gasteiger partial charge in [0.1, 0.15) is 0 Å². The first-order chi connectivity index (χ1) is 64.0. The van der Waals surface area contributed by atoms with Crippen LogP contribution in [-0.2, 0) is 21.7 Å². The van der Waals surface area contributed by atoms with Gasteiger partial charge in [0, 0.05) is 28.8 Å². The lowest BCUT2D eigenvalue weighted by Gasteiger charge is -2.36. The highest BCUT2D eigenvalue weighted by atomic mass is 127. The third-order valence-corrected chi connectivity index (χ3v) is 36.0. The number of halogens is 2. The maximum Gasteiger partial charge on any atom is 0.0216 e. The molecule has 0 nitrogen and oxygen atoms in total. The predicted octanol–water partition coefficient (Wildman–Crippen LogP) is 42.9. The van der Waals surface area contributed by atoms with E-state index in [0.717, 1.165) is 47.3 Å². The first kappa shape index (κ1) is 108. The van der Waals surface area contributed by atoms with E-state index in [4.69, 9.17) is 0 Å². The largest absolute Gasteiger partial charge is 0.0628 e. The first-order valence-corrected chi connectivity index (χ1v) is 58.7. The summed E-state index contributed by atoms with van der Waals surface area (Å²) in [7, 11) is 0. The van der Waals surface area contributed by atoms with Gasteiger partial charge < -0.3 is 0 Å². The fourth-order valence-corrected chi connectivity index (χ4v) is 26.7. The van der Waals surface area contributed by atoms with Crippen LogP contribution in [0.3, 0.4) is 0 Å². The number of rotatable bonds is 59. The summed E-state index contributed by atoms with van der Waals surface area (Å²) >= 11 is 5.29. The molecule has 0 radical (unpaired) electrons. The second kappa shape index (κ2) is 50.2. The van der Waals surface area contributed by atoms with Crippen molar-refractivity contribution in [3.8, 4) is 77.9 Å². The molecule has 8 aromatic carbocycles. The molecule has 734 valence electrons. The van der Waals surface area contributed by atoms with Gasteiger partial charge in [0.25, 0.3) is 0 Å². The van der Waals surface area contributed by atoms with Crippen molar-refractivity contribution in [3.63, 3.8) is 0 Å². The van der Waals surface area contributed by atoms with Crippen molar-refractivity contribution in [2.45, 2.75) is 445 Å². The summed E-state index contributed by atoms with van der Waals surface area (Å²) < 4.78 is 2.75. The molecule has 0 saturated heterocycles. The highest BCUT2D eigenvalue weighted by Gasteiger charge is 2.49. The molecule has 0 aliphatic heterocycles. The van der Waals surface area contributed by atoms with Gasteiger partial charge >= 0.3 is 0 Å². The summed E-state index contributed by atoms with van der Waals surface area (Å²) in [5.74, 6) is 11.3. The van der Waals surface area contributed by atoms with Crippen molar-refractivity contribution < 1.29 is 0 Å². The topological polar surface area (TPSA) is 0 Å². The molecule has 0 unspecified atom stereocenters. The summed E-state index contributed by atoms with van der Waals surface area (Å²) in [6, 6.07) is 63.4. The lowest BCUT2D eigenvalue weighted by atomic mass is 9.67. The van der Waals surface area contributed by atoms with Crippen LogP contribution >= 0.6 is 45.2 Å². The van der Waals surface area contributed by atoms with Gasteiger partial charge in [0.05, 0.1) is 0 Å². The van der Waals surface area contributed by atoms with Crippen molar-refractivity contribution >= 4 is 45.2 Å². The van der Waals surface area contributed by atoms with Gasteiger partial charge in [0.15, 0.2) is 0 Å². The minimum atomic E-state index is -0.152. The average molecular weight is 2030 g/mol. The molecular weight excluding hydrogens is 1840 g/mol. The monoisotopic (exact) mass is 2030 g/mol. The van der Waals surface area contributed by atoms with Gasteiger partial charge in [-0.15, -0.1) is 0 Å². The van der Waals surface area contributed by atoms with E-state index in [0.29, 0.717) is 47.3 Å². The van der Waals surface area contributed by atoms with Crippen LogP contribution in [0.15, 0.2) is 146 Å². The van der Waals surface area contributed by atoms with E-state index in [1.54, 1.807) is 44.5 Å². The van der Waals surface area contributed by atoms with E-state index < -0.39 is 0 Å². The fraction of sp³-hybridized carbons (Fsp3) is 0.636. The molecule has 0 amide bonds. The normalized spacial score (nSPS) is 16.5. The predicted molar refractivity (Wildman–Crippen MR) is 610 cm³/mol. The van der Waals surface area contributed by atoms with E-state index >= 15 is 0 Å². The number of fused-ring (bicyclic) bond motifs is 12. The quantitative estimate of drug-likeness (QED) is 0.0333.